The topological polar surface area (TPSA) is 44.5 Å². The van der Waals surface area contributed by atoms with Crippen molar-refractivity contribution >= 4 is 0 Å². The molecule has 1 aromatic carbocycles. The van der Waals surface area contributed by atoms with Crippen LogP contribution in [0.4, 0.5) is 4.39 Å². The predicted molar refractivity (Wildman–Crippen MR) is 70.6 cm³/mol. The summed E-state index contributed by atoms with van der Waals surface area (Å²) in [6, 6.07) is 2.66. The van der Waals surface area contributed by atoms with E-state index in [1.54, 1.807) is 6.07 Å². The number of unbranched alkanes of at least 4 members (excludes halogenated alkanes) is 2. The quantitative estimate of drug-likeness (QED) is 0.759. The largest absolute Gasteiger partial charge is 0.493 e. The van der Waals surface area contributed by atoms with Gasteiger partial charge in [-0.25, -0.2) is 4.39 Å². The number of benzene rings is 1. The summed E-state index contributed by atoms with van der Waals surface area (Å²) in [6.07, 6.45) is 4.02. The Balaban J connectivity index is 2.87. The van der Waals surface area contributed by atoms with Gasteiger partial charge in [0.15, 0.2) is 11.5 Å². The molecule has 0 fully saturated rings. The minimum Gasteiger partial charge on any atom is -0.493 e. The van der Waals surface area contributed by atoms with Crippen molar-refractivity contribution in [2.24, 2.45) is 5.73 Å². The third-order valence-corrected chi connectivity index (χ3v) is 3.02. The van der Waals surface area contributed by atoms with Gasteiger partial charge in [-0.1, -0.05) is 26.2 Å². The number of halogens is 1. The van der Waals surface area contributed by atoms with Crippen molar-refractivity contribution in [3.63, 3.8) is 0 Å². The normalized spacial score (nSPS) is 12.3. The molecule has 2 N–H and O–H groups in total. The summed E-state index contributed by atoms with van der Waals surface area (Å²) in [6.45, 7) is 2.13. The molecule has 1 unspecified atom stereocenters. The van der Waals surface area contributed by atoms with E-state index < -0.39 is 0 Å². The number of rotatable bonds is 7. The van der Waals surface area contributed by atoms with Crippen molar-refractivity contribution in [2.45, 2.75) is 38.6 Å². The van der Waals surface area contributed by atoms with E-state index in [-0.39, 0.29) is 11.9 Å². The zero-order valence-electron chi connectivity index (χ0n) is 11.3. The second-order valence-corrected chi connectivity index (χ2v) is 4.33. The molecule has 0 saturated heterocycles. The minimum absolute atomic E-state index is 0.295. The van der Waals surface area contributed by atoms with Gasteiger partial charge >= 0.3 is 0 Å². The number of hydrogen-bond donors (Lipinski definition) is 1. The molecule has 1 atom stereocenters. The highest BCUT2D eigenvalue weighted by atomic mass is 19.1. The van der Waals surface area contributed by atoms with Crippen molar-refractivity contribution in [2.75, 3.05) is 14.2 Å². The highest BCUT2D eigenvalue weighted by Gasteiger charge is 2.16. The molecule has 0 aliphatic carbocycles. The first-order chi connectivity index (χ1) is 8.63. The van der Waals surface area contributed by atoms with Crippen LogP contribution in [-0.2, 0) is 0 Å². The Labute approximate surface area is 108 Å². The highest BCUT2D eigenvalue weighted by molar-refractivity contribution is 5.44. The lowest BCUT2D eigenvalue weighted by atomic mass is 10.0. The van der Waals surface area contributed by atoms with Crippen LogP contribution in [0.1, 0.15) is 44.2 Å². The highest BCUT2D eigenvalue weighted by Crippen LogP contribution is 2.33. The molecule has 3 nitrogen and oxygen atoms in total. The van der Waals surface area contributed by atoms with Gasteiger partial charge in [-0.3, -0.25) is 0 Å². The summed E-state index contributed by atoms with van der Waals surface area (Å²) in [4.78, 5) is 0. The van der Waals surface area contributed by atoms with Gasteiger partial charge in [0.05, 0.1) is 14.2 Å². The predicted octanol–water partition coefficient (Wildman–Crippen LogP) is 3.42. The molecule has 4 heteroatoms. The van der Waals surface area contributed by atoms with E-state index in [0.717, 1.165) is 25.7 Å². The number of methoxy groups -OCH3 is 2. The zero-order chi connectivity index (χ0) is 13.5. The molecule has 0 radical (unpaired) electrons. The summed E-state index contributed by atoms with van der Waals surface area (Å²) < 4.78 is 24.1. The fourth-order valence-corrected chi connectivity index (χ4v) is 1.92. The summed E-state index contributed by atoms with van der Waals surface area (Å²) >= 11 is 0. The van der Waals surface area contributed by atoms with Crippen LogP contribution >= 0.6 is 0 Å². The van der Waals surface area contributed by atoms with Crippen LogP contribution in [0.25, 0.3) is 0 Å². The third kappa shape index (κ3) is 3.60. The molecule has 0 bridgehead atoms. The molecule has 1 rings (SSSR count). The molecule has 0 heterocycles. The number of hydrogen-bond acceptors (Lipinski definition) is 3. The van der Waals surface area contributed by atoms with Crippen molar-refractivity contribution in [1.82, 2.24) is 0 Å². The van der Waals surface area contributed by atoms with Gasteiger partial charge in [0, 0.05) is 17.7 Å². The summed E-state index contributed by atoms with van der Waals surface area (Å²) in [7, 11) is 3.01. The molecule has 0 amide bonds. The van der Waals surface area contributed by atoms with Crippen molar-refractivity contribution in [1.29, 1.82) is 0 Å². The van der Waals surface area contributed by atoms with Crippen molar-refractivity contribution in [3.8, 4) is 11.5 Å². The first kappa shape index (κ1) is 14.8. The standard InChI is InChI=1S/C14H22FNO2/c1-4-5-6-7-12(16)10-8-13(17-2)14(18-3)9-11(10)15/h8-9,12H,4-7,16H2,1-3H3. The van der Waals surface area contributed by atoms with E-state index >= 15 is 0 Å². The third-order valence-electron chi connectivity index (χ3n) is 3.02. The lowest BCUT2D eigenvalue weighted by molar-refractivity contribution is 0.350. The monoisotopic (exact) mass is 255 g/mol. The smallest absolute Gasteiger partial charge is 0.163 e. The number of nitrogens with two attached hydrogens (primary N) is 1. The van der Waals surface area contributed by atoms with E-state index in [1.807, 2.05) is 0 Å². The average Bonchev–Trinajstić information content (AvgIpc) is 2.38. The van der Waals surface area contributed by atoms with Crippen LogP contribution in [0, 0.1) is 5.82 Å². The van der Waals surface area contributed by atoms with Crippen LogP contribution in [0.3, 0.4) is 0 Å². The molecular weight excluding hydrogens is 233 g/mol. The van der Waals surface area contributed by atoms with Gasteiger partial charge < -0.3 is 15.2 Å². The lowest BCUT2D eigenvalue weighted by Gasteiger charge is -2.16. The SMILES string of the molecule is CCCCCC(N)c1cc(OC)c(OC)cc1F. The molecule has 0 aliphatic rings. The molecule has 18 heavy (non-hydrogen) atoms. The maximum atomic E-state index is 13.9. The fraction of sp³-hybridized carbons (Fsp3) is 0.571. The first-order valence-corrected chi connectivity index (χ1v) is 6.31. The Bertz CT molecular complexity index is 382. The molecular formula is C14H22FNO2. The molecule has 0 aromatic heterocycles. The Hall–Kier alpha value is -1.29. The summed E-state index contributed by atoms with van der Waals surface area (Å²) in [5.41, 5.74) is 6.50. The first-order valence-electron chi connectivity index (χ1n) is 6.31. The van der Waals surface area contributed by atoms with Crippen LogP contribution in [0.15, 0.2) is 12.1 Å². The van der Waals surface area contributed by atoms with Crippen LogP contribution < -0.4 is 15.2 Å². The molecule has 0 aliphatic heterocycles. The Morgan fingerprint density at radius 2 is 1.78 bits per heavy atom. The lowest BCUT2D eigenvalue weighted by Crippen LogP contribution is -2.12. The van der Waals surface area contributed by atoms with Crippen molar-refractivity contribution in [3.05, 3.63) is 23.5 Å². The van der Waals surface area contributed by atoms with E-state index in [0.29, 0.717) is 17.1 Å². The van der Waals surface area contributed by atoms with Crippen LogP contribution in [-0.4, -0.2) is 14.2 Å². The second kappa shape index (κ2) is 7.21. The van der Waals surface area contributed by atoms with Gasteiger partial charge in [-0.15, -0.1) is 0 Å². The molecule has 0 spiro atoms. The zero-order valence-corrected chi connectivity index (χ0v) is 11.3. The van der Waals surface area contributed by atoms with Crippen LogP contribution in [0.2, 0.25) is 0 Å². The van der Waals surface area contributed by atoms with Gasteiger partial charge in [0.2, 0.25) is 0 Å². The van der Waals surface area contributed by atoms with Gasteiger partial charge in [-0.05, 0) is 12.5 Å². The van der Waals surface area contributed by atoms with Gasteiger partial charge in [-0.2, -0.15) is 0 Å². The molecule has 0 saturated carbocycles. The maximum absolute atomic E-state index is 13.9. The fourth-order valence-electron chi connectivity index (χ4n) is 1.92. The maximum Gasteiger partial charge on any atom is 0.163 e. The molecule has 1 aromatic rings. The van der Waals surface area contributed by atoms with Crippen molar-refractivity contribution < 1.29 is 13.9 Å². The number of ether oxygens (including phenoxy) is 2. The Morgan fingerprint density at radius 3 is 2.33 bits per heavy atom. The Kier molecular flexibility index (Phi) is 5.92. The van der Waals surface area contributed by atoms with Gasteiger partial charge in [0.25, 0.3) is 0 Å². The van der Waals surface area contributed by atoms with Crippen LogP contribution in [0.5, 0.6) is 11.5 Å². The van der Waals surface area contributed by atoms with Gasteiger partial charge in [0.1, 0.15) is 5.82 Å². The van der Waals surface area contributed by atoms with E-state index in [9.17, 15) is 4.39 Å². The van der Waals surface area contributed by atoms with E-state index in [1.165, 1.54) is 20.3 Å². The summed E-state index contributed by atoms with van der Waals surface area (Å²) in [5.74, 6) is 0.566. The molecule has 102 valence electrons. The summed E-state index contributed by atoms with van der Waals surface area (Å²) in [5, 5.41) is 0. The van der Waals surface area contributed by atoms with E-state index in [4.69, 9.17) is 15.2 Å². The second-order valence-electron chi connectivity index (χ2n) is 4.33. The minimum atomic E-state index is -0.336. The van der Waals surface area contributed by atoms with E-state index in [2.05, 4.69) is 6.92 Å². The average molecular weight is 255 g/mol. The Morgan fingerprint density at radius 1 is 1.17 bits per heavy atom.